The van der Waals surface area contributed by atoms with Gasteiger partial charge in [-0.05, 0) is 37.5 Å². The number of halogens is 2. The van der Waals surface area contributed by atoms with Crippen LogP contribution in [0.4, 0.5) is 0 Å². The minimum atomic E-state index is 0.238. The molecule has 16 heavy (non-hydrogen) atoms. The van der Waals surface area contributed by atoms with E-state index in [0.717, 1.165) is 10.6 Å². The summed E-state index contributed by atoms with van der Waals surface area (Å²) in [5, 5.41) is 4.93. The molecule has 1 aromatic rings. The summed E-state index contributed by atoms with van der Waals surface area (Å²) in [4.78, 5) is 0. The Bertz CT molecular complexity index is 350. The summed E-state index contributed by atoms with van der Waals surface area (Å²) in [6.07, 6.45) is 0. The van der Waals surface area contributed by atoms with Gasteiger partial charge >= 0.3 is 0 Å². The maximum Gasteiger partial charge on any atom is 0.0468 e. The van der Waals surface area contributed by atoms with Crippen molar-refractivity contribution in [1.82, 2.24) is 5.32 Å². The van der Waals surface area contributed by atoms with Gasteiger partial charge < -0.3 is 5.32 Å². The smallest absolute Gasteiger partial charge is 0.0468 e. The molecule has 0 aromatic heterocycles. The lowest BCUT2D eigenvalue weighted by Crippen LogP contribution is -2.33. The molecule has 1 aromatic carbocycles. The predicted octanol–water partition coefficient (Wildman–Crippen LogP) is 4.69. The van der Waals surface area contributed by atoms with Gasteiger partial charge in [0.05, 0.1) is 0 Å². The third-order valence-corrected chi connectivity index (χ3v) is 3.50. The average Bonchev–Trinajstić information content (AvgIpc) is 2.16. The highest BCUT2D eigenvalue weighted by atomic mass is 35.5. The topological polar surface area (TPSA) is 12.0 Å². The Morgan fingerprint density at radius 3 is 2.19 bits per heavy atom. The Hall–Kier alpha value is -0.240. The lowest BCUT2D eigenvalue weighted by molar-refractivity contribution is 0.389. The molecule has 2 unspecified atom stereocenters. The number of nitrogens with one attached hydrogen (secondary N) is 1. The molecule has 0 aliphatic rings. The first-order valence-corrected chi connectivity index (χ1v) is 6.38. The minimum Gasteiger partial charge on any atom is -0.307 e. The molecule has 0 spiro atoms. The van der Waals surface area contributed by atoms with Gasteiger partial charge in [-0.3, -0.25) is 0 Å². The Labute approximate surface area is 108 Å². The first-order chi connectivity index (χ1) is 7.41. The highest BCUT2D eigenvalue weighted by molar-refractivity contribution is 6.35. The maximum absolute atomic E-state index is 6.16. The number of hydrogen-bond donors (Lipinski definition) is 1. The second kappa shape index (κ2) is 5.90. The van der Waals surface area contributed by atoms with E-state index in [9.17, 15) is 0 Å². The molecule has 1 rings (SSSR count). The van der Waals surface area contributed by atoms with Crippen molar-refractivity contribution in [3.8, 4) is 0 Å². The molecular formula is C13H19Cl2N. The summed E-state index contributed by atoms with van der Waals surface area (Å²) < 4.78 is 0. The quantitative estimate of drug-likeness (QED) is 0.828. The van der Waals surface area contributed by atoms with Crippen LogP contribution in [0, 0.1) is 5.92 Å². The fourth-order valence-corrected chi connectivity index (χ4v) is 2.10. The average molecular weight is 260 g/mol. The Morgan fingerprint density at radius 1 is 1.06 bits per heavy atom. The van der Waals surface area contributed by atoms with Crippen LogP contribution < -0.4 is 5.32 Å². The molecule has 0 aliphatic carbocycles. The molecule has 1 nitrogen and oxygen atoms in total. The van der Waals surface area contributed by atoms with Gasteiger partial charge in [-0.2, -0.15) is 0 Å². The number of hydrogen-bond acceptors (Lipinski definition) is 1. The van der Waals surface area contributed by atoms with Crippen LogP contribution >= 0.6 is 23.2 Å². The first-order valence-electron chi connectivity index (χ1n) is 5.62. The Kier molecular flexibility index (Phi) is 5.10. The molecule has 0 amide bonds. The number of rotatable bonds is 4. The van der Waals surface area contributed by atoms with Crippen molar-refractivity contribution in [2.75, 3.05) is 0 Å². The van der Waals surface area contributed by atoms with E-state index in [1.807, 2.05) is 12.1 Å². The lowest BCUT2D eigenvalue weighted by atomic mass is 10.0. The summed E-state index contributed by atoms with van der Waals surface area (Å²) in [6.45, 7) is 8.71. The molecule has 3 heteroatoms. The van der Waals surface area contributed by atoms with Crippen molar-refractivity contribution >= 4 is 23.2 Å². The van der Waals surface area contributed by atoms with Crippen LogP contribution in [0.1, 0.15) is 39.3 Å². The molecule has 1 N–H and O–H groups in total. The molecule has 0 saturated heterocycles. The Balaban J connectivity index is 2.76. The second-order valence-corrected chi connectivity index (χ2v) is 5.43. The third kappa shape index (κ3) is 3.65. The van der Waals surface area contributed by atoms with E-state index in [2.05, 4.69) is 33.0 Å². The van der Waals surface area contributed by atoms with Crippen LogP contribution in [0.25, 0.3) is 0 Å². The van der Waals surface area contributed by atoms with Gasteiger partial charge in [0.25, 0.3) is 0 Å². The zero-order chi connectivity index (χ0) is 12.3. The summed E-state index contributed by atoms with van der Waals surface area (Å²) >= 11 is 12.0. The normalized spacial score (nSPS) is 15.2. The van der Waals surface area contributed by atoms with Crippen LogP contribution in [0.3, 0.4) is 0 Å². The zero-order valence-corrected chi connectivity index (χ0v) is 11.7. The van der Waals surface area contributed by atoms with E-state index in [-0.39, 0.29) is 6.04 Å². The predicted molar refractivity (Wildman–Crippen MR) is 72.3 cm³/mol. The highest BCUT2D eigenvalue weighted by Gasteiger charge is 2.14. The van der Waals surface area contributed by atoms with Crippen LogP contribution in [0.15, 0.2) is 18.2 Å². The van der Waals surface area contributed by atoms with Crippen molar-refractivity contribution in [3.63, 3.8) is 0 Å². The van der Waals surface area contributed by atoms with E-state index < -0.39 is 0 Å². The second-order valence-electron chi connectivity index (χ2n) is 4.59. The van der Waals surface area contributed by atoms with Crippen molar-refractivity contribution in [3.05, 3.63) is 33.8 Å². The van der Waals surface area contributed by atoms with Crippen molar-refractivity contribution in [2.45, 2.75) is 39.8 Å². The molecule has 90 valence electrons. The molecule has 0 radical (unpaired) electrons. The summed E-state index contributed by atoms with van der Waals surface area (Å²) in [5.41, 5.74) is 1.10. The van der Waals surface area contributed by atoms with E-state index in [0.29, 0.717) is 17.0 Å². The van der Waals surface area contributed by atoms with E-state index in [4.69, 9.17) is 23.2 Å². The standard InChI is InChI=1S/C13H19Cl2N/c1-8(2)9(3)16-10(4)12-6-5-11(14)7-13(12)15/h5-10,16H,1-4H3. The van der Waals surface area contributed by atoms with E-state index >= 15 is 0 Å². The van der Waals surface area contributed by atoms with E-state index in [1.54, 1.807) is 6.07 Å². The molecule has 0 heterocycles. The molecule has 0 saturated carbocycles. The van der Waals surface area contributed by atoms with Crippen LogP contribution in [-0.4, -0.2) is 6.04 Å². The lowest BCUT2D eigenvalue weighted by Gasteiger charge is -2.23. The van der Waals surface area contributed by atoms with Gasteiger partial charge in [0, 0.05) is 22.1 Å². The molecule has 0 fully saturated rings. The van der Waals surface area contributed by atoms with Gasteiger partial charge in [-0.25, -0.2) is 0 Å². The van der Waals surface area contributed by atoms with Crippen LogP contribution in [-0.2, 0) is 0 Å². The monoisotopic (exact) mass is 259 g/mol. The van der Waals surface area contributed by atoms with Crippen molar-refractivity contribution in [2.24, 2.45) is 5.92 Å². The fourth-order valence-electron chi connectivity index (χ4n) is 1.53. The summed E-state index contributed by atoms with van der Waals surface area (Å²) in [5.74, 6) is 0.605. The molecule has 0 aliphatic heterocycles. The largest absolute Gasteiger partial charge is 0.307 e. The van der Waals surface area contributed by atoms with Gasteiger partial charge in [-0.1, -0.05) is 43.1 Å². The maximum atomic E-state index is 6.16. The van der Waals surface area contributed by atoms with Crippen LogP contribution in [0.2, 0.25) is 10.0 Å². The SMILES string of the molecule is CC(NC(C)C(C)C)c1ccc(Cl)cc1Cl. The minimum absolute atomic E-state index is 0.238. The van der Waals surface area contributed by atoms with E-state index in [1.165, 1.54) is 0 Å². The zero-order valence-electron chi connectivity index (χ0n) is 10.2. The van der Waals surface area contributed by atoms with Gasteiger partial charge in [0.2, 0.25) is 0 Å². The van der Waals surface area contributed by atoms with Crippen molar-refractivity contribution < 1.29 is 0 Å². The van der Waals surface area contributed by atoms with Gasteiger partial charge in [0.1, 0.15) is 0 Å². The molecule has 2 atom stereocenters. The fraction of sp³-hybridized carbons (Fsp3) is 0.538. The summed E-state index contributed by atoms with van der Waals surface area (Å²) in [7, 11) is 0. The van der Waals surface area contributed by atoms with Gasteiger partial charge in [-0.15, -0.1) is 0 Å². The van der Waals surface area contributed by atoms with Crippen LogP contribution in [0.5, 0.6) is 0 Å². The molecular weight excluding hydrogens is 241 g/mol. The summed E-state index contributed by atoms with van der Waals surface area (Å²) in [6, 6.07) is 6.34. The first kappa shape index (κ1) is 13.8. The van der Waals surface area contributed by atoms with Gasteiger partial charge in [0.15, 0.2) is 0 Å². The van der Waals surface area contributed by atoms with Crippen molar-refractivity contribution in [1.29, 1.82) is 0 Å². The molecule has 0 bridgehead atoms. The third-order valence-electron chi connectivity index (χ3n) is 2.94. The highest BCUT2D eigenvalue weighted by Crippen LogP contribution is 2.26. The Morgan fingerprint density at radius 2 is 1.69 bits per heavy atom. The number of benzene rings is 1.